The molecule has 0 fully saturated rings. The molecule has 0 radical (unpaired) electrons. The van der Waals surface area contributed by atoms with Gasteiger partial charge in [0.1, 0.15) is 24.7 Å². The van der Waals surface area contributed by atoms with Gasteiger partial charge in [-0.2, -0.15) is 0 Å². The summed E-state index contributed by atoms with van der Waals surface area (Å²) >= 11 is 0. The molecule has 0 unspecified atom stereocenters. The van der Waals surface area contributed by atoms with Gasteiger partial charge in [0.2, 0.25) is 0 Å². The van der Waals surface area contributed by atoms with E-state index in [0.29, 0.717) is 13.2 Å². The van der Waals surface area contributed by atoms with Crippen LogP contribution in [0, 0.1) is 0 Å². The van der Waals surface area contributed by atoms with Crippen molar-refractivity contribution in [2.24, 2.45) is 0 Å². The molecule has 0 aliphatic carbocycles. The highest BCUT2D eigenvalue weighted by Crippen LogP contribution is 2.21. The van der Waals surface area contributed by atoms with E-state index in [0.717, 1.165) is 29.9 Å². The topological polar surface area (TPSA) is 18.5 Å². The predicted octanol–water partition coefficient (Wildman–Crippen LogP) is 5.80. The summed E-state index contributed by atoms with van der Waals surface area (Å²) in [7, 11) is 0. The first-order valence-electron chi connectivity index (χ1n) is 8.81. The van der Waals surface area contributed by atoms with Crippen LogP contribution in [0.25, 0.3) is 0 Å². The maximum Gasteiger partial charge on any atom is 0.122 e. The summed E-state index contributed by atoms with van der Waals surface area (Å²) in [6.45, 7) is 3.34. The van der Waals surface area contributed by atoms with Crippen molar-refractivity contribution in [1.82, 2.24) is 0 Å². The van der Waals surface area contributed by atoms with Crippen LogP contribution in [0.5, 0.6) is 11.5 Å². The smallest absolute Gasteiger partial charge is 0.122 e. The molecule has 25 heavy (non-hydrogen) atoms. The van der Waals surface area contributed by atoms with E-state index in [4.69, 9.17) is 9.47 Å². The zero-order chi connectivity index (χ0) is 17.3. The van der Waals surface area contributed by atoms with Crippen molar-refractivity contribution < 1.29 is 9.47 Å². The number of para-hydroxylation sites is 1. The largest absolute Gasteiger partial charge is 0.489 e. The Kier molecular flexibility index (Phi) is 6.11. The van der Waals surface area contributed by atoms with Gasteiger partial charge in [-0.25, -0.2) is 0 Å². The molecule has 128 valence electrons. The van der Waals surface area contributed by atoms with Gasteiger partial charge in [0.05, 0.1) is 0 Å². The molecule has 3 aromatic rings. The first kappa shape index (κ1) is 17.1. The van der Waals surface area contributed by atoms with Gasteiger partial charge in [-0.15, -0.1) is 0 Å². The Balaban J connectivity index is 1.54. The quantitative estimate of drug-likeness (QED) is 0.519. The Morgan fingerprint density at radius 1 is 0.640 bits per heavy atom. The molecule has 0 spiro atoms. The molecule has 0 heterocycles. The van der Waals surface area contributed by atoms with Crippen LogP contribution in [0.3, 0.4) is 0 Å². The monoisotopic (exact) mass is 332 g/mol. The predicted molar refractivity (Wildman–Crippen MR) is 102 cm³/mol. The Hall–Kier alpha value is -2.74. The molecule has 0 saturated heterocycles. The second-order valence-electron chi connectivity index (χ2n) is 6.06. The first-order chi connectivity index (χ1) is 12.3. The van der Waals surface area contributed by atoms with Crippen LogP contribution in [-0.2, 0) is 19.6 Å². The van der Waals surface area contributed by atoms with Crippen molar-refractivity contribution in [2.45, 2.75) is 33.0 Å². The van der Waals surface area contributed by atoms with Gasteiger partial charge in [-0.3, -0.25) is 0 Å². The van der Waals surface area contributed by atoms with E-state index in [-0.39, 0.29) is 0 Å². The summed E-state index contributed by atoms with van der Waals surface area (Å²) < 4.78 is 11.8. The first-order valence-corrected chi connectivity index (χ1v) is 8.81. The van der Waals surface area contributed by atoms with Crippen molar-refractivity contribution >= 4 is 0 Å². The van der Waals surface area contributed by atoms with Gasteiger partial charge in [-0.05, 0) is 41.3 Å². The zero-order valence-corrected chi connectivity index (χ0v) is 14.7. The van der Waals surface area contributed by atoms with Crippen molar-refractivity contribution in [1.29, 1.82) is 0 Å². The van der Waals surface area contributed by atoms with Crippen LogP contribution in [-0.4, -0.2) is 0 Å². The summed E-state index contributed by atoms with van der Waals surface area (Å²) in [4.78, 5) is 0. The third-order valence-corrected chi connectivity index (χ3v) is 4.06. The molecule has 0 aromatic heterocycles. The van der Waals surface area contributed by atoms with Gasteiger partial charge >= 0.3 is 0 Å². The lowest BCUT2D eigenvalue weighted by atomic mass is 10.1. The van der Waals surface area contributed by atoms with E-state index in [9.17, 15) is 0 Å². The number of hydrogen-bond acceptors (Lipinski definition) is 2. The van der Waals surface area contributed by atoms with Gasteiger partial charge in [0, 0.05) is 0 Å². The number of benzene rings is 3. The number of rotatable bonds is 8. The Bertz CT molecular complexity index is 764. The van der Waals surface area contributed by atoms with Crippen LogP contribution in [0.1, 0.15) is 30.0 Å². The lowest BCUT2D eigenvalue weighted by Crippen LogP contribution is -1.99. The van der Waals surface area contributed by atoms with Crippen molar-refractivity contribution in [3.8, 4) is 11.5 Å². The highest BCUT2D eigenvalue weighted by atomic mass is 16.5. The van der Waals surface area contributed by atoms with E-state index in [1.807, 2.05) is 42.5 Å². The lowest BCUT2D eigenvalue weighted by molar-refractivity contribution is 0.299. The molecule has 0 atom stereocenters. The van der Waals surface area contributed by atoms with E-state index >= 15 is 0 Å². The normalized spacial score (nSPS) is 10.4. The number of hydrogen-bond donors (Lipinski definition) is 0. The van der Waals surface area contributed by atoms with Crippen LogP contribution in [0.4, 0.5) is 0 Å². The highest BCUT2D eigenvalue weighted by molar-refractivity contribution is 5.34. The van der Waals surface area contributed by atoms with E-state index in [2.05, 4.69) is 43.3 Å². The van der Waals surface area contributed by atoms with Crippen molar-refractivity contribution in [3.63, 3.8) is 0 Å². The minimum absolute atomic E-state index is 0.569. The zero-order valence-electron chi connectivity index (χ0n) is 14.7. The average molecular weight is 332 g/mol. The van der Waals surface area contributed by atoms with Crippen LogP contribution in [0.2, 0.25) is 0 Å². The Morgan fingerprint density at radius 3 is 2.04 bits per heavy atom. The summed E-state index contributed by atoms with van der Waals surface area (Å²) in [6.07, 6.45) is 2.16. The molecule has 0 saturated carbocycles. The number of ether oxygens (including phenoxy) is 2. The summed E-state index contributed by atoms with van der Waals surface area (Å²) in [6, 6.07) is 26.6. The molecule has 3 aromatic carbocycles. The maximum atomic E-state index is 6.00. The van der Waals surface area contributed by atoms with Crippen LogP contribution in [0.15, 0.2) is 78.9 Å². The average Bonchev–Trinajstić information content (AvgIpc) is 2.68. The molecular weight excluding hydrogens is 308 g/mol. The second kappa shape index (κ2) is 8.93. The standard InChI is InChI=1S/C23H24O2/c1-2-8-21-11-6-7-12-23(21)25-18-20-13-15-22(16-14-20)24-17-19-9-4-3-5-10-19/h3-7,9-16H,2,8,17-18H2,1H3. The van der Waals surface area contributed by atoms with Gasteiger partial charge in [0.15, 0.2) is 0 Å². The van der Waals surface area contributed by atoms with Gasteiger partial charge < -0.3 is 9.47 Å². The van der Waals surface area contributed by atoms with E-state index in [1.165, 1.54) is 11.1 Å². The van der Waals surface area contributed by atoms with E-state index in [1.54, 1.807) is 0 Å². The number of aryl methyl sites for hydroxylation is 1. The third kappa shape index (κ3) is 5.12. The van der Waals surface area contributed by atoms with Gasteiger partial charge in [-0.1, -0.05) is 74.0 Å². The third-order valence-electron chi connectivity index (χ3n) is 4.06. The minimum Gasteiger partial charge on any atom is -0.489 e. The fourth-order valence-corrected chi connectivity index (χ4v) is 2.70. The molecular formula is C23H24O2. The SMILES string of the molecule is CCCc1ccccc1OCc1ccc(OCc2ccccc2)cc1. The molecule has 0 amide bonds. The second-order valence-corrected chi connectivity index (χ2v) is 6.06. The van der Waals surface area contributed by atoms with Crippen molar-refractivity contribution in [3.05, 3.63) is 95.6 Å². The molecule has 0 aliphatic heterocycles. The minimum atomic E-state index is 0.569. The Morgan fingerprint density at radius 2 is 1.28 bits per heavy atom. The maximum absolute atomic E-state index is 6.00. The fraction of sp³-hybridized carbons (Fsp3) is 0.217. The summed E-state index contributed by atoms with van der Waals surface area (Å²) in [5.74, 6) is 1.85. The molecule has 2 heteroatoms. The molecule has 3 rings (SSSR count). The summed E-state index contributed by atoms with van der Waals surface area (Å²) in [5, 5.41) is 0. The molecule has 0 aliphatic rings. The molecule has 0 N–H and O–H groups in total. The lowest BCUT2D eigenvalue weighted by Gasteiger charge is -2.11. The highest BCUT2D eigenvalue weighted by Gasteiger charge is 2.03. The van der Waals surface area contributed by atoms with Crippen LogP contribution >= 0.6 is 0 Å². The molecule has 2 nitrogen and oxygen atoms in total. The van der Waals surface area contributed by atoms with E-state index < -0.39 is 0 Å². The molecule has 0 bridgehead atoms. The Labute approximate surface area is 150 Å². The van der Waals surface area contributed by atoms with Crippen LogP contribution < -0.4 is 9.47 Å². The fourth-order valence-electron chi connectivity index (χ4n) is 2.70. The van der Waals surface area contributed by atoms with Crippen molar-refractivity contribution in [2.75, 3.05) is 0 Å². The summed E-state index contributed by atoms with van der Waals surface area (Å²) in [5.41, 5.74) is 3.58. The van der Waals surface area contributed by atoms with Gasteiger partial charge in [0.25, 0.3) is 0 Å².